The largest absolute Gasteiger partial charge is 0.463 e. The molecule has 0 aliphatic carbocycles. The molecule has 3 rings (SSSR count). The van der Waals surface area contributed by atoms with E-state index in [1.54, 1.807) is 0 Å². The van der Waals surface area contributed by atoms with Crippen LogP contribution >= 0.6 is 0 Å². The zero-order chi connectivity index (χ0) is 18.4. The second-order valence-corrected chi connectivity index (χ2v) is 7.54. The lowest BCUT2D eigenvalue weighted by Crippen LogP contribution is -2.45. The number of aryl methyl sites for hydroxylation is 1. The van der Waals surface area contributed by atoms with Crippen molar-refractivity contribution in [2.45, 2.75) is 39.2 Å². The van der Waals surface area contributed by atoms with E-state index in [9.17, 15) is 4.79 Å². The van der Waals surface area contributed by atoms with Gasteiger partial charge >= 0.3 is 5.97 Å². The van der Waals surface area contributed by atoms with E-state index < -0.39 is 0 Å². The van der Waals surface area contributed by atoms with Gasteiger partial charge in [0.15, 0.2) is 0 Å². The number of carbonyl (C=O) groups is 1. The molecule has 2 heterocycles. The van der Waals surface area contributed by atoms with Gasteiger partial charge in [0.25, 0.3) is 0 Å². The number of morpholine rings is 1. The van der Waals surface area contributed by atoms with Crippen LogP contribution in [0.3, 0.4) is 0 Å². The van der Waals surface area contributed by atoms with E-state index in [4.69, 9.17) is 9.47 Å². The summed E-state index contributed by atoms with van der Waals surface area (Å²) in [7, 11) is 0. The van der Waals surface area contributed by atoms with E-state index in [0.29, 0.717) is 18.9 Å². The molecule has 1 unspecified atom stereocenters. The maximum atomic E-state index is 12.0. The van der Waals surface area contributed by atoms with Gasteiger partial charge < -0.3 is 14.5 Å². The Morgan fingerprint density at radius 1 is 1.38 bits per heavy atom. The molecule has 26 heavy (non-hydrogen) atoms. The Kier molecular flexibility index (Phi) is 6.69. The van der Waals surface area contributed by atoms with Crippen LogP contribution in [0.15, 0.2) is 30.5 Å². The quantitative estimate of drug-likeness (QED) is 0.735. The number of ether oxygens (including phenoxy) is 2. The predicted molar refractivity (Wildman–Crippen MR) is 103 cm³/mol. The Morgan fingerprint density at radius 3 is 3.08 bits per heavy atom. The van der Waals surface area contributed by atoms with Gasteiger partial charge in [0.1, 0.15) is 12.7 Å². The number of benzene rings is 1. The lowest BCUT2D eigenvalue weighted by molar-refractivity contribution is -0.150. The van der Waals surface area contributed by atoms with Gasteiger partial charge in [0, 0.05) is 43.2 Å². The van der Waals surface area contributed by atoms with Crippen LogP contribution in [0.4, 0.5) is 0 Å². The van der Waals surface area contributed by atoms with E-state index in [-0.39, 0.29) is 12.1 Å². The molecule has 0 spiro atoms. The van der Waals surface area contributed by atoms with E-state index in [2.05, 4.69) is 35.9 Å². The number of hydrogen-bond acceptors (Lipinski definition) is 4. The number of nitrogens with one attached hydrogen (secondary N) is 1. The minimum atomic E-state index is -0.130. The van der Waals surface area contributed by atoms with Gasteiger partial charge in [-0.1, -0.05) is 32.0 Å². The first-order chi connectivity index (χ1) is 12.6. The number of hydrogen-bond donors (Lipinski definition) is 1. The average Bonchev–Trinajstić information content (AvgIpc) is 3.03. The van der Waals surface area contributed by atoms with E-state index >= 15 is 0 Å². The molecule has 1 aliphatic heterocycles. The predicted octanol–water partition coefficient (Wildman–Crippen LogP) is 3.39. The number of carbonyl (C=O) groups excluding carboxylic acids is 1. The molecule has 1 saturated heterocycles. The van der Waals surface area contributed by atoms with E-state index in [0.717, 1.165) is 44.6 Å². The molecule has 0 bridgehead atoms. The highest BCUT2D eigenvalue weighted by atomic mass is 16.6. The monoisotopic (exact) mass is 358 g/mol. The summed E-state index contributed by atoms with van der Waals surface area (Å²) < 4.78 is 11.2. The maximum absolute atomic E-state index is 12.0. The fraction of sp³-hybridized carbons (Fsp3) is 0.571. The van der Waals surface area contributed by atoms with Crippen LogP contribution in [-0.2, 0) is 20.7 Å². The fourth-order valence-electron chi connectivity index (χ4n) is 3.58. The van der Waals surface area contributed by atoms with Crippen molar-refractivity contribution < 1.29 is 14.3 Å². The Bertz CT molecular complexity index is 710. The molecule has 1 aromatic carbocycles. The van der Waals surface area contributed by atoms with Gasteiger partial charge in [0.2, 0.25) is 0 Å². The maximum Gasteiger partial charge on any atom is 0.305 e. The Balaban J connectivity index is 1.36. The minimum absolute atomic E-state index is 0.0000624. The molecule has 5 heteroatoms. The molecule has 1 aromatic heterocycles. The lowest BCUT2D eigenvalue weighted by atomic mass is 10.1. The number of aromatic nitrogens is 1. The summed E-state index contributed by atoms with van der Waals surface area (Å²) in [6, 6.07) is 8.25. The summed E-state index contributed by atoms with van der Waals surface area (Å²) >= 11 is 0. The smallest absolute Gasteiger partial charge is 0.305 e. The summed E-state index contributed by atoms with van der Waals surface area (Å²) in [5.41, 5.74) is 2.40. The number of rotatable bonds is 8. The molecule has 0 amide bonds. The zero-order valence-electron chi connectivity index (χ0n) is 15.9. The van der Waals surface area contributed by atoms with Crippen molar-refractivity contribution in [2.24, 2.45) is 5.92 Å². The van der Waals surface area contributed by atoms with Crippen molar-refractivity contribution in [3.63, 3.8) is 0 Å². The zero-order valence-corrected chi connectivity index (χ0v) is 15.9. The second-order valence-electron chi connectivity index (χ2n) is 7.54. The molecule has 5 nitrogen and oxygen atoms in total. The van der Waals surface area contributed by atoms with Crippen molar-refractivity contribution in [1.29, 1.82) is 0 Å². The highest BCUT2D eigenvalue weighted by Crippen LogP contribution is 2.19. The Hall–Kier alpha value is -1.85. The minimum Gasteiger partial charge on any atom is -0.463 e. The molecule has 1 atom stereocenters. The molecule has 0 radical (unpaired) electrons. The van der Waals surface area contributed by atoms with E-state index in [1.807, 2.05) is 18.3 Å². The molecule has 1 fully saturated rings. The first-order valence-electron chi connectivity index (χ1n) is 9.66. The number of fused-ring (bicyclic) bond motifs is 1. The summed E-state index contributed by atoms with van der Waals surface area (Å²) in [5, 5.41) is 1.24. The highest BCUT2D eigenvalue weighted by Gasteiger charge is 2.22. The summed E-state index contributed by atoms with van der Waals surface area (Å²) in [5.74, 6) is 0.509. The van der Waals surface area contributed by atoms with Crippen LogP contribution in [0, 0.1) is 5.92 Å². The Morgan fingerprint density at radius 2 is 2.23 bits per heavy atom. The van der Waals surface area contributed by atoms with Crippen LogP contribution in [0.1, 0.15) is 32.3 Å². The first kappa shape index (κ1) is 18.9. The van der Waals surface area contributed by atoms with Crippen molar-refractivity contribution >= 4 is 16.9 Å². The fourth-order valence-corrected chi connectivity index (χ4v) is 3.58. The third-order valence-electron chi connectivity index (χ3n) is 4.78. The van der Waals surface area contributed by atoms with Crippen molar-refractivity contribution in [3.8, 4) is 0 Å². The molecular formula is C21H30N2O3. The number of aromatic amines is 1. The first-order valence-corrected chi connectivity index (χ1v) is 9.66. The Labute approximate surface area is 155 Å². The summed E-state index contributed by atoms with van der Waals surface area (Å²) in [4.78, 5) is 17.7. The van der Waals surface area contributed by atoms with Gasteiger partial charge in [-0.25, -0.2) is 0 Å². The average molecular weight is 358 g/mol. The van der Waals surface area contributed by atoms with Crippen molar-refractivity contribution in [2.75, 3.05) is 32.8 Å². The topological polar surface area (TPSA) is 54.6 Å². The number of esters is 1. The summed E-state index contributed by atoms with van der Waals surface area (Å²) in [6.07, 6.45) is 4.16. The normalized spacial score (nSPS) is 18.5. The standard InChI is InChI=1S/C21H30N2O3/c1-16(2)13-23-10-11-25-18(14-23)15-26-21(24)9-5-6-17-12-22-20-8-4-3-7-19(17)20/h3-4,7-8,12,16,18,22H,5-6,9-11,13-15H2,1-2H3. The van der Waals surface area contributed by atoms with Crippen LogP contribution < -0.4 is 0 Å². The van der Waals surface area contributed by atoms with Gasteiger partial charge in [-0.15, -0.1) is 0 Å². The lowest BCUT2D eigenvalue weighted by Gasteiger charge is -2.33. The van der Waals surface area contributed by atoms with Gasteiger partial charge in [-0.3, -0.25) is 9.69 Å². The molecule has 2 aromatic rings. The number of nitrogens with zero attached hydrogens (tertiary/aromatic N) is 1. The van der Waals surface area contributed by atoms with Crippen LogP contribution in [0.2, 0.25) is 0 Å². The number of para-hydroxylation sites is 1. The van der Waals surface area contributed by atoms with Crippen LogP contribution in [0.5, 0.6) is 0 Å². The van der Waals surface area contributed by atoms with Gasteiger partial charge in [0.05, 0.1) is 6.61 Å². The van der Waals surface area contributed by atoms with Crippen LogP contribution in [-0.4, -0.2) is 54.8 Å². The van der Waals surface area contributed by atoms with Crippen molar-refractivity contribution in [3.05, 3.63) is 36.0 Å². The van der Waals surface area contributed by atoms with Crippen LogP contribution in [0.25, 0.3) is 10.9 Å². The third-order valence-corrected chi connectivity index (χ3v) is 4.78. The van der Waals surface area contributed by atoms with Crippen molar-refractivity contribution in [1.82, 2.24) is 9.88 Å². The molecule has 1 N–H and O–H groups in total. The number of H-pyrrole nitrogens is 1. The van der Waals surface area contributed by atoms with Gasteiger partial charge in [-0.05, 0) is 30.4 Å². The third kappa shape index (κ3) is 5.32. The molecule has 142 valence electrons. The highest BCUT2D eigenvalue weighted by molar-refractivity contribution is 5.83. The molecular weight excluding hydrogens is 328 g/mol. The molecule has 1 aliphatic rings. The molecule has 0 saturated carbocycles. The van der Waals surface area contributed by atoms with Gasteiger partial charge in [-0.2, -0.15) is 0 Å². The summed E-state index contributed by atoms with van der Waals surface area (Å²) in [6.45, 7) is 8.40. The van der Waals surface area contributed by atoms with E-state index in [1.165, 1.54) is 10.9 Å². The second kappa shape index (κ2) is 9.19. The SMILES string of the molecule is CC(C)CN1CCOC(COC(=O)CCCc2c[nH]c3ccccc23)C1.